The van der Waals surface area contributed by atoms with Crippen LogP contribution >= 0.6 is 11.8 Å². The lowest BCUT2D eigenvalue weighted by Crippen LogP contribution is -2.18. The van der Waals surface area contributed by atoms with E-state index >= 15 is 0 Å². The smallest absolute Gasteiger partial charge is 0.175 e. The maximum Gasteiger partial charge on any atom is 0.175 e. The van der Waals surface area contributed by atoms with E-state index in [-0.39, 0.29) is 16.2 Å². The molecular formula is C24H26N2O6S2. The molecule has 8 nitrogen and oxygen atoms in total. The fourth-order valence-electron chi connectivity index (χ4n) is 3.62. The van der Waals surface area contributed by atoms with E-state index in [9.17, 15) is 13.2 Å². The lowest BCUT2D eigenvalue weighted by Gasteiger charge is -2.16. The first-order chi connectivity index (χ1) is 16.3. The quantitative estimate of drug-likeness (QED) is 0.414. The summed E-state index contributed by atoms with van der Waals surface area (Å²) in [5.41, 5.74) is 1.66. The van der Waals surface area contributed by atoms with Crippen LogP contribution in [0.4, 0.5) is 0 Å². The molecule has 0 aliphatic carbocycles. The van der Waals surface area contributed by atoms with E-state index in [0.29, 0.717) is 36.8 Å². The summed E-state index contributed by atoms with van der Waals surface area (Å²) in [6, 6.07) is 11.9. The van der Waals surface area contributed by atoms with Crippen LogP contribution in [0.15, 0.2) is 52.4 Å². The number of aromatic amines is 1. The van der Waals surface area contributed by atoms with Crippen molar-refractivity contribution in [2.75, 3.05) is 26.5 Å². The SMILES string of the molecule is COCC(C)Oc1cc(Oc2ccc(S(C)(=O)=O)cc2)cc2cc(C3=NCC(CC=O)S3)[nH]c12. The molecule has 2 aromatic carbocycles. The maximum atomic E-state index is 11.7. The first kappa shape index (κ1) is 24.3. The normalized spacial score (nSPS) is 16.9. The third kappa shape index (κ3) is 5.63. The average molecular weight is 503 g/mol. The second-order valence-corrected chi connectivity index (χ2v) is 11.4. The monoisotopic (exact) mass is 502 g/mol. The van der Waals surface area contributed by atoms with Crippen molar-refractivity contribution in [3.8, 4) is 17.2 Å². The Kier molecular flexibility index (Phi) is 7.30. The van der Waals surface area contributed by atoms with Crippen LogP contribution in [0.3, 0.4) is 0 Å². The number of fused-ring (bicyclic) bond motifs is 1. The Morgan fingerprint density at radius 1 is 1.21 bits per heavy atom. The lowest BCUT2D eigenvalue weighted by atomic mass is 10.2. The maximum absolute atomic E-state index is 11.7. The minimum Gasteiger partial charge on any atom is -0.486 e. The molecule has 0 fully saturated rings. The molecule has 34 heavy (non-hydrogen) atoms. The third-order valence-corrected chi connectivity index (χ3v) is 7.56. The number of hydrogen-bond donors (Lipinski definition) is 1. The van der Waals surface area contributed by atoms with Gasteiger partial charge in [-0.25, -0.2) is 8.42 Å². The van der Waals surface area contributed by atoms with E-state index in [1.807, 2.05) is 19.1 Å². The van der Waals surface area contributed by atoms with Gasteiger partial charge in [0.15, 0.2) is 9.84 Å². The Morgan fingerprint density at radius 2 is 1.97 bits per heavy atom. The van der Waals surface area contributed by atoms with Crippen molar-refractivity contribution in [3.05, 3.63) is 48.2 Å². The molecule has 0 saturated carbocycles. The standard InChI is InChI=1S/C24H26N2O6S2/c1-15(14-30-2)31-22-12-18(32-17-4-6-20(7-5-17)34(3,28)29)10-16-11-21(26-23(16)22)24-25-13-19(33-24)8-9-27/h4-7,9-12,15,19,26H,8,13-14H2,1-3H3. The number of thioether (sulfide) groups is 1. The Morgan fingerprint density at radius 3 is 2.65 bits per heavy atom. The fraction of sp³-hybridized carbons (Fsp3) is 0.333. The number of ether oxygens (including phenoxy) is 3. The molecule has 2 heterocycles. The number of hydrogen-bond acceptors (Lipinski definition) is 8. The summed E-state index contributed by atoms with van der Waals surface area (Å²) in [5, 5.41) is 1.89. The molecule has 180 valence electrons. The molecule has 0 saturated heterocycles. The summed E-state index contributed by atoms with van der Waals surface area (Å²) in [5.74, 6) is 1.65. The van der Waals surface area contributed by atoms with Crippen molar-refractivity contribution in [3.63, 3.8) is 0 Å². The minimum atomic E-state index is -3.28. The Balaban J connectivity index is 1.66. The summed E-state index contributed by atoms with van der Waals surface area (Å²) in [6.07, 6.45) is 2.37. The third-order valence-electron chi connectivity index (χ3n) is 5.19. The molecule has 1 aliphatic heterocycles. The highest BCUT2D eigenvalue weighted by Gasteiger charge is 2.23. The van der Waals surface area contributed by atoms with Crippen molar-refractivity contribution < 1.29 is 27.4 Å². The van der Waals surface area contributed by atoms with E-state index in [1.54, 1.807) is 37.1 Å². The number of aliphatic imine (C=N–C) groups is 1. The van der Waals surface area contributed by atoms with Crippen LogP contribution in [-0.4, -0.2) is 62.6 Å². The molecule has 0 radical (unpaired) electrons. The van der Waals surface area contributed by atoms with Gasteiger partial charge in [-0.1, -0.05) is 11.8 Å². The number of carbonyl (C=O) groups is 1. The molecule has 10 heteroatoms. The highest BCUT2D eigenvalue weighted by atomic mass is 32.2. The van der Waals surface area contributed by atoms with Gasteiger partial charge in [0.25, 0.3) is 0 Å². The second-order valence-electron chi connectivity index (χ2n) is 8.09. The molecule has 1 aliphatic rings. The molecule has 2 atom stereocenters. The van der Waals surface area contributed by atoms with E-state index in [2.05, 4.69) is 9.98 Å². The number of aldehydes is 1. The first-order valence-corrected chi connectivity index (χ1v) is 13.5. The number of H-pyrrole nitrogens is 1. The van der Waals surface area contributed by atoms with Gasteiger partial charge in [-0.15, -0.1) is 0 Å². The summed E-state index contributed by atoms with van der Waals surface area (Å²) in [7, 11) is -1.67. The van der Waals surface area contributed by atoms with Gasteiger partial charge < -0.3 is 24.0 Å². The Bertz CT molecular complexity index is 1320. The van der Waals surface area contributed by atoms with Crippen molar-refractivity contribution >= 4 is 43.8 Å². The molecule has 1 N–H and O–H groups in total. The number of rotatable bonds is 10. The van der Waals surface area contributed by atoms with E-state index in [0.717, 1.165) is 27.9 Å². The molecular weight excluding hydrogens is 476 g/mol. The second kappa shape index (κ2) is 10.2. The molecule has 1 aromatic heterocycles. The fourth-order valence-corrected chi connectivity index (χ4v) is 5.28. The number of benzene rings is 2. The van der Waals surface area contributed by atoms with Gasteiger partial charge >= 0.3 is 0 Å². The van der Waals surface area contributed by atoms with Gasteiger partial charge in [0.05, 0.1) is 29.3 Å². The van der Waals surface area contributed by atoms with Crippen molar-refractivity contribution in [2.24, 2.45) is 4.99 Å². The summed E-state index contributed by atoms with van der Waals surface area (Å²) in [4.78, 5) is 19.1. The van der Waals surface area contributed by atoms with E-state index in [4.69, 9.17) is 14.2 Å². The van der Waals surface area contributed by atoms with Crippen LogP contribution in [0.25, 0.3) is 10.9 Å². The van der Waals surface area contributed by atoms with E-state index in [1.165, 1.54) is 18.4 Å². The highest BCUT2D eigenvalue weighted by Crippen LogP contribution is 2.36. The van der Waals surface area contributed by atoms with Crippen LogP contribution in [0.1, 0.15) is 19.0 Å². The zero-order chi connectivity index (χ0) is 24.3. The van der Waals surface area contributed by atoms with Crippen molar-refractivity contribution in [1.29, 1.82) is 0 Å². The Hall–Kier alpha value is -2.82. The summed E-state index contributed by atoms with van der Waals surface area (Å²) in [6.45, 7) is 2.95. The predicted octanol–water partition coefficient (Wildman–Crippen LogP) is 4.23. The zero-order valence-electron chi connectivity index (χ0n) is 19.1. The number of methoxy groups -OCH3 is 1. The van der Waals surface area contributed by atoms with Crippen LogP contribution in [0.2, 0.25) is 0 Å². The minimum absolute atomic E-state index is 0.158. The van der Waals surface area contributed by atoms with Crippen LogP contribution in [0.5, 0.6) is 17.2 Å². The van der Waals surface area contributed by atoms with Crippen molar-refractivity contribution in [1.82, 2.24) is 4.98 Å². The molecule has 3 aromatic rings. The van der Waals surface area contributed by atoms with Gasteiger partial charge in [0.2, 0.25) is 0 Å². The largest absolute Gasteiger partial charge is 0.486 e. The molecule has 0 bridgehead atoms. The first-order valence-electron chi connectivity index (χ1n) is 10.7. The summed E-state index contributed by atoms with van der Waals surface area (Å²) >= 11 is 1.59. The number of carbonyl (C=O) groups excluding carboxylic acids is 1. The topological polar surface area (TPSA) is 107 Å². The zero-order valence-corrected chi connectivity index (χ0v) is 20.7. The van der Waals surface area contributed by atoms with Gasteiger partial charge in [0.1, 0.15) is 34.7 Å². The molecule has 4 rings (SSSR count). The van der Waals surface area contributed by atoms with Gasteiger partial charge in [-0.3, -0.25) is 4.99 Å². The van der Waals surface area contributed by atoms with Crippen molar-refractivity contribution in [2.45, 2.75) is 29.6 Å². The molecule has 0 spiro atoms. The average Bonchev–Trinajstić information content (AvgIpc) is 3.41. The van der Waals surface area contributed by atoms with E-state index < -0.39 is 9.84 Å². The van der Waals surface area contributed by atoms with Gasteiger partial charge in [-0.2, -0.15) is 0 Å². The number of nitrogens with zero attached hydrogens (tertiary/aromatic N) is 1. The number of sulfone groups is 1. The highest BCUT2D eigenvalue weighted by molar-refractivity contribution is 8.15. The summed E-state index contributed by atoms with van der Waals surface area (Å²) < 4.78 is 40.8. The van der Waals surface area contributed by atoms with Crippen LogP contribution in [0, 0.1) is 0 Å². The van der Waals surface area contributed by atoms with Gasteiger partial charge in [0, 0.05) is 36.5 Å². The number of aromatic nitrogens is 1. The number of nitrogens with one attached hydrogen (secondary N) is 1. The molecule has 0 amide bonds. The van der Waals surface area contributed by atoms with Crippen LogP contribution in [-0.2, 0) is 19.4 Å². The molecule has 2 unspecified atom stereocenters. The Labute approximate surface area is 202 Å². The van der Waals surface area contributed by atoms with Gasteiger partial charge in [-0.05, 0) is 43.3 Å². The van der Waals surface area contributed by atoms with Crippen LogP contribution < -0.4 is 9.47 Å². The lowest BCUT2D eigenvalue weighted by molar-refractivity contribution is -0.107. The predicted molar refractivity (Wildman–Crippen MR) is 133 cm³/mol.